The monoisotopic (exact) mass is 364 g/mol. The van der Waals surface area contributed by atoms with Crippen LogP contribution in [0.4, 0.5) is 11.4 Å². The van der Waals surface area contributed by atoms with Crippen LogP contribution in [-0.2, 0) is 6.42 Å². The summed E-state index contributed by atoms with van der Waals surface area (Å²) in [6.45, 7) is 0.996. The summed E-state index contributed by atoms with van der Waals surface area (Å²) in [6, 6.07) is 11.1. The maximum absolute atomic E-state index is 12.4. The third-order valence-electron chi connectivity index (χ3n) is 3.49. The maximum Gasteiger partial charge on any atom is 0.255 e. The first-order chi connectivity index (χ1) is 10.1. The molecule has 108 valence electrons. The third-order valence-corrected chi connectivity index (χ3v) is 4.38. The molecule has 0 fully saturated rings. The standard InChI is InChI=1S/C16H14BrClN2O/c17-13-9-12(18)4-6-15(13)20-16(21)11-3-5-14-10(8-11)2-1-7-19-14/h3-6,8-9,19H,1-2,7H2,(H,20,21). The van der Waals surface area contributed by atoms with Gasteiger partial charge in [-0.05, 0) is 70.7 Å². The number of carbonyl (C=O) groups is 1. The van der Waals surface area contributed by atoms with Crippen LogP contribution in [-0.4, -0.2) is 12.5 Å². The number of nitrogens with one attached hydrogen (secondary N) is 2. The van der Waals surface area contributed by atoms with Gasteiger partial charge in [0, 0.05) is 27.3 Å². The summed E-state index contributed by atoms with van der Waals surface area (Å²) in [5.74, 6) is -0.119. The molecule has 0 atom stereocenters. The Kier molecular flexibility index (Phi) is 4.17. The average Bonchev–Trinajstić information content (AvgIpc) is 2.49. The summed E-state index contributed by atoms with van der Waals surface area (Å²) in [5, 5.41) is 6.86. The van der Waals surface area contributed by atoms with Crippen LogP contribution in [0.25, 0.3) is 0 Å². The molecule has 0 saturated heterocycles. The zero-order valence-electron chi connectivity index (χ0n) is 11.2. The summed E-state index contributed by atoms with van der Waals surface area (Å²) in [4.78, 5) is 12.4. The summed E-state index contributed by atoms with van der Waals surface area (Å²) < 4.78 is 0.767. The van der Waals surface area contributed by atoms with E-state index in [0.717, 1.165) is 29.5 Å². The molecular formula is C16H14BrClN2O. The van der Waals surface area contributed by atoms with Crippen LogP contribution in [0.3, 0.4) is 0 Å². The molecule has 0 bridgehead atoms. The van der Waals surface area contributed by atoms with E-state index < -0.39 is 0 Å². The highest BCUT2D eigenvalue weighted by atomic mass is 79.9. The Morgan fingerprint density at radius 3 is 2.90 bits per heavy atom. The minimum Gasteiger partial charge on any atom is -0.385 e. The highest BCUT2D eigenvalue weighted by Crippen LogP contribution is 2.27. The molecule has 21 heavy (non-hydrogen) atoms. The second-order valence-corrected chi connectivity index (χ2v) is 6.27. The normalized spacial score (nSPS) is 13.2. The first-order valence-corrected chi connectivity index (χ1v) is 7.94. The Hall–Kier alpha value is -1.52. The first-order valence-electron chi connectivity index (χ1n) is 6.77. The lowest BCUT2D eigenvalue weighted by Gasteiger charge is -2.18. The predicted octanol–water partition coefficient (Wildman–Crippen LogP) is 4.71. The van der Waals surface area contributed by atoms with Crippen molar-refractivity contribution in [1.82, 2.24) is 0 Å². The van der Waals surface area contributed by atoms with Crippen LogP contribution in [0, 0.1) is 0 Å². The molecule has 5 heteroatoms. The second kappa shape index (κ2) is 6.08. The molecule has 0 aliphatic carbocycles. The van der Waals surface area contributed by atoms with Crippen LogP contribution in [0.2, 0.25) is 5.02 Å². The minimum atomic E-state index is -0.119. The fraction of sp³-hybridized carbons (Fsp3) is 0.188. The molecule has 0 saturated carbocycles. The SMILES string of the molecule is O=C(Nc1ccc(Cl)cc1Br)c1ccc2c(c1)CCCN2. The van der Waals surface area contributed by atoms with Crippen LogP contribution < -0.4 is 10.6 Å². The van der Waals surface area contributed by atoms with Gasteiger partial charge in [-0.3, -0.25) is 4.79 Å². The van der Waals surface area contributed by atoms with Crippen molar-refractivity contribution in [2.45, 2.75) is 12.8 Å². The third kappa shape index (κ3) is 3.22. The van der Waals surface area contributed by atoms with E-state index in [1.807, 2.05) is 18.2 Å². The molecule has 2 aromatic rings. The molecule has 0 spiro atoms. The van der Waals surface area contributed by atoms with Gasteiger partial charge < -0.3 is 10.6 Å². The van der Waals surface area contributed by atoms with E-state index in [4.69, 9.17) is 11.6 Å². The van der Waals surface area contributed by atoms with Gasteiger partial charge in [-0.2, -0.15) is 0 Å². The molecule has 1 aliphatic heterocycles. The number of fused-ring (bicyclic) bond motifs is 1. The van der Waals surface area contributed by atoms with Crippen molar-refractivity contribution >= 4 is 44.8 Å². The fourth-order valence-corrected chi connectivity index (χ4v) is 3.18. The summed E-state index contributed by atoms with van der Waals surface area (Å²) in [7, 11) is 0. The number of hydrogen-bond donors (Lipinski definition) is 2. The van der Waals surface area contributed by atoms with Gasteiger partial charge in [-0.25, -0.2) is 0 Å². The lowest BCUT2D eigenvalue weighted by molar-refractivity contribution is 0.102. The van der Waals surface area contributed by atoms with Gasteiger partial charge in [-0.1, -0.05) is 11.6 Å². The van der Waals surface area contributed by atoms with E-state index in [1.165, 1.54) is 5.56 Å². The molecule has 1 heterocycles. The lowest BCUT2D eigenvalue weighted by Crippen LogP contribution is -2.15. The maximum atomic E-state index is 12.4. The Bertz CT molecular complexity index is 703. The Balaban J connectivity index is 1.82. The van der Waals surface area contributed by atoms with Crippen molar-refractivity contribution in [2.24, 2.45) is 0 Å². The molecule has 2 aromatic carbocycles. The number of aryl methyl sites for hydroxylation is 1. The van der Waals surface area contributed by atoms with Gasteiger partial charge in [0.25, 0.3) is 5.91 Å². The van der Waals surface area contributed by atoms with Crippen molar-refractivity contribution in [3.63, 3.8) is 0 Å². The van der Waals surface area contributed by atoms with Gasteiger partial charge in [0.1, 0.15) is 0 Å². The molecule has 1 aliphatic rings. The smallest absolute Gasteiger partial charge is 0.255 e. The highest BCUT2D eigenvalue weighted by Gasteiger charge is 2.13. The van der Waals surface area contributed by atoms with Crippen LogP contribution >= 0.6 is 27.5 Å². The number of amides is 1. The quantitative estimate of drug-likeness (QED) is 0.809. The van der Waals surface area contributed by atoms with Crippen LogP contribution in [0.15, 0.2) is 40.9 Å². The van der Waals surface area contributed by atoms with Crippen molar-refractivity contribution in [1.29, 1.82) is 0 Å². The van der Waals surface area contributed by atoms with Crippen molar-refractivity contribution in [3.05, 3.63) is 57.0 Å². The molecule has 2 N–H and O–H groups in total. The molecule has 3 nitrogen and oxygen atoms in total. The van der Waals surface area contributed by atoms with Crippen molar-refractivity contribution in [2.75, 3.05) is 17.2 Å². The number of carbonyl (C=O) groups excluding carboxylic acids is 1. The van der Waals surface area contributed by atoms with E-state index >= 15 is 0 Å². The van der Waals surface area contributed by atoms with E-state index in [-0.39, 0.29) is 5.91 Å². The van der Waals surface area contributed by atoms with E-state index in [9.17, 15) is 4.79 Å². The molecular weight excluding hydrogens is 352 g/mol. The fourth-order valence-electron chi connectivity index (χ4n) is 2.40. The Morgan fingerprint density at radius 1 is 1.24 bits per heavy atom. The van der Waals surface area contributed by atoms with E-state index in [2.05, 4.69) is 26.6 Å². The molecule has 1 amide bonds. The van der Waals surface area contributed by atoms with Gasteiger partial charge in [0.15, 0.2) is 0 Å². The van der Waals surface area contributed by atoms with Gasteiger partial charge in [0.05, 0.1) is 5.69 Å². The van der Waals surface area contributed by atoms with E-state index in [0.29, 0.717) is 16.3 Å². The summed E-state index contributed by atoms with van der Waals surface area (Å²) in [5.41, 5.74) is 3.70. The minimum absolute atomic E-state index is 0.119. The lowest BCUT2D eigenvalue weighted by atomic mass is 10.0. The van der Waals surface area contributed by atoms with Crippen LogP contribution in [0.1, 0.15) is 22.3 Å². The van der Waals surface area contributed by atoms with Gasteiger partial charge in [0.2, 0.25) is 0 Å². The molecule has 0 radical (unpaired) electrons. The zero-order chi connectivity index (χ0) is 14.8. The zero-order valence-corrected chi connectivity index (χ0v) is 13.6. The first kappa shape index (κ1) is 14.4. The number of anilines is 2. The predicted molar refractivity (Wildman–Crippen MR) is 90.4 cm³/mol. The number of hydrogen-bond acceptors (Lipinski definition) is 2. The second-order valence-electron chi connectivity index (χ2n) is 4.98. The van der Waals surface area contributed by atoms with Gasteiger partial charge in [-0.15, -0.1) is 0 Å². The molecule has 0 unspecified atom stereocenters. The Morgan fingerprint density at radius 2 is 2.10 bits per heavy atom. The summed E-state index contributed by atoms with van der Waals surface area (Å²) in [6.07, 6.45) is 2.11. The Labute approximate surface area is 136 Å². The topological polar surface area (TPSA) is 41.1 Å². The number of rotatable bonds is 2. The van der Waals surface area contributed by atoms with Crippen molar-refractivity contribution < 1.29 is 4.79 Å². The van der Waals surface area contributed by atoms with Crippen molar-refractivity contribution in [3.8, 4) is 0 Å². The van der Waals surface area contributed by atoms with Crippen LogP contribution in [0.5, 0.6) is 0 Å². The molecule has 0 aromatic heterocycles. The largest absolute Gasteiger partial charge is 0.385 e. The number of benzene rings is 2. The molecule has 3 rings (SSSR count). The highest BCUT2D eigenvalue weighted by molar-refractivity contribution is 9.10. The van der Waals surface area contributed by atoms with E-state index in [1.54, 1.807) is 18.2 Å². The summed E-state index contributed by atoms with van der Waals surface area (Å²) >= 11 is 9.30. The van der Waals surface area contributed by atoms with Gasteiger partial charge >= 0.3 is 0 Å². The average molecular weight is 366 g/mol. The number of halogens is 2.